The molecule has 2 nitrogen and oxygen atoms in total. The molecule has 0 fully saturated rings. The highest BCUT2D eigenvalue weighted by atomic mass is 32.1. The average molecular weight is 891 g/mol. The van der Waals surface area contributed by atoms with E-state index in [0.29, 0.717) is 0 Å². The van der Waals surface area contributed by atoms with Crippen molar-refractivity contribution in [3.05, 3.63) is 123 Å². The maximum Gasteiger partial charge on any atom is 0.254 e. The third-order valence-electron chi connectivity index (χ3n) is 18.2. The molecule has 0 saturated carbocycles. The van der Waals surface area contributed by atoms with Gasteiger partial charge in [0.2, 0.25) is 0 Å². The van der Waals surface area contributed by atoms with Gasteiger partial charge in [-0.05, 0) is 211 Å². The first-order valence-corrected chi connectivity index (χ1v) is 26.2. The zero-order valence-corrected chi connectivity index (χ0v) is 44.4. The number of hydrogen-bond donors (Lipinski definition) is 0. The lowest BCUT2D eigenvalue weighted by Crippen LogP contribution is -2.61. The predicted octanol–water partition coefficient (Wildman–Crippen LogP) is 15.9. The van der Waals surface area contributed by atoms with Crippen LogP contribution >= 0.6 is 11.3 Å². The summed E-state index contributed by atoms with van der Waals surface area (Å²) in [4.78, 5) is 5.46. The number of thiophene rings is 1. The lowest BCUT2D eigenvalue weighted by molar-refractivity contribution is 0.332. The Morgan fingerprint density at radius 2 is 0.970 bits per heavy atom. The van der Waals surface area contributed by atoms with Crippen molar-refractivity contribution in [2.75, 3.05) is 9.80 Å². The van der Waals surface area contributed by atoms with Crippen molar-refractivity contribution in [3.8, 4) is 0 Å². The minimum absolute atomic E-state index is 0.0101. The van der Waals surface area contributed by atoms with Crippen LogP contribution in [0.4, 0.5) is 33.4 Å². The van der Waals surface area contributed by atoms with Gasteiger partial charge in [-0.1, -0.05) is 128 Å². The minimum atomic E-state index is 0.0101. The van der Waals surface area contributed by atoms with Gasteiger partial charge < -0.3 is 9.80 Å². The first-order chi connectivity index (χ1) is 30.6. The normalized spacial score (nSPS) is 21.1. The smallest absolute Gasteiger partial charge is 0.254 e. The average Bonchev–Trinajstić information content (AvgIpc) is 3.60. The number of hydrogen-bond acceptors (Lipinski definition) is 3. The van der Waals surface area contributed by atoms with Crippen molar-refractivity contribution >= 4 is 78.0 Å². The molecule has 0 spiro atoms. The summed E-state index contributed by atoms with van der Waals surface area (Å²) in [6, 6.07) is 30.7. The second-order valence-electron chi connectivity index (χ2n) is 26.8. The summed E-state index contributed by atoms with van der Waals surface area (Å²) in [5.41, 5.74) is 24.8. The maximum atomic E-state index is 2.74. The highest BCUT2D eigenvalue weighted by molar-refractivity contribution is 7.26. The van der Waals surface area contributed by atoms with Gasteiger partial charge in [0.05, 0.1) is 10.7 Å². The first-order valence-electron chi connectivity index (χ1n) is 25.4. The van der Waals surface area contributed by atoms with Gasteiger partial charge in [0, 0.05) is 27.4 Å². The van der Waals surface area contributed by atoms with Gasteiger partial charge in [0.1, 0.15) is 0 Å². The van der Waals surface area contributed by atoms with E-state index < -0.39 is 0 Å². The molecule has 0 N–H and O–H groups in total. The number of nitrogens with zero attached hydrogens (tertiary/aromatic N) is 2. The van der Waals surface area contributed by atoms with Crippen molar-refractivity contribution in [2.45, 2.75) is 194 Å². The van der Waals surface area contributed by atoms with Crippen LogP contribution < -0.4 is 26.2 Å². The molecular weight excluding hydrogens is 816 g/mol. The summed E-state index contributed by atoms with van der Waals surface area (Å²) in [5, 5.41) is 2.84. The molecule has 3 heterocycles. The third kappa shape index (κ3) is 6.31. The Kier molecular flexibility index (Phi) is 9.19. The molecule has 2 aliphatic heterocycles. The molecule has 0 atom stereocenters. The molecule has 0 bridgehead atoms. The fraction of sp³-hybridized carbons (Fsp3) is 0.484. The Bertz CT molecular complexity index is 3070. The van der Waals surface area contributed by atoms with Gasteiger partial charge in [0.15, 0.2) is 0 Å². The van der Waals surface area contributed by atoms with E-state index in [1.54, 1.807) is 16.7 Å². The summed E-state index contributed by atoms with van der Waals surface area (Å²) in [6.45, 7) is 41.7. The molecular formula is C62H75BN2S. The highest BCUT2D eigenvalue weighted by Crippen LogP contribution is 2.55. The van der Waals surface area contributed by atoms with Crippen LogP contribution in [0.3, 0.4) is 0 Å². The van der Waals surface area contributed by atoms with Crippen LogP contribution in [0.2, 0.25) is 0 Å². The molecule has 3 aliphatic carbocycles. The third-order valence-corrected chi connectivity index (χ3v) is 19.3. The van der Waals surface area contributed by atoms with Gasteiger partial charge in [-0.2, -0.15) is 0 Å². The number of benzene rings is 5. The standard InChI is InChI=1S/C62H75BN2S/c1-36-28-50-54-51(29-36)65(48-30-38(56(3,4)5)19-18-37(48)2)55-53(40-32-43-46(35-52(40)66-55)62(16,17)27-24-59(43,10)11)63(54)47-33-44-45(61(14,15)26-25-60(44,12)13)34-49(47)64(50)39-20-21-41-42(31-39)58(8,9)23-22-57(41,6)7/h18-21,28-35H,22-27H2,1-17H3. The predicted molar refractivity (Wildman–Crippen MR) is 290 cm³/mol. The molecule has 5 aromatic carbocycles. The van der Waals surface area contributed by atoms with Crippen molar-refractivity contribution < 1.29 is 0 Å². The lowest BCUT2D eigenvalue weighted by Gasteiger charge is -2.47. The molecule has 11 rings (SSSR count). The van der Waals surface area contributed by atoms with Crippen molar-refractivity contribution in [1.82, 2.24) is 0 Å². The van der Waals surface area contributed by atoms with Crippen LogP contribution in [-0.2, 0) is 37.9 Å². The van der Waals surface area contributed by atoms with Crippen molar-refractivity contribution in [3.63, 3.8) is 0 Å². The van der Waals surface area contributed by atoms with Gasteiger partial charge in [-0.15, -0.1) is 11.3 Å². The fourth-order valence-electron chi connectivity index (χ4n) is 13.3. The highest BCUT2D eigenvalue weighted by Gasteiger charge is 2.49. The van der Waals surface area contributed by atoms with E-state index in [1.807, 2.05) is 11.3 Å². The van der Waals surface area contributed by atoms with Crippen LogP contribution in [0.25, 0.3) is 10.1 Å². The summed E-state index contributed by atoms with van der Waals surface area (Å²) >= 11 is 2.04. The van der Waals surface area contributed by atoms with Crippen molar-refractivity contribution in [2.24, 2.45) is 0 Å². The van der Waals surface area contributed by atoms with E-state index in [4.69, 9.17) is 0 Å². The topological polar surface area (TPSA) is 6.48 Å². The van der Waals surface area contributed by atoms with Crippen LogP contribution in [0.15, 0.2) is 72.8 Å². The molecule has 1 aromatic heterocycles. The Labute approximate surface area is 402 Å². The lowest BCUT2D eigenvalue weighted by atomic mass is 9.33. The second kappa shape index (κ2) is 13.7. The Hall–Kier alpha value is -4.28. The summed E-state index contributed by atoms with van der Waals surface area (Å²) in [6.07, 6.45) is 7.20. The summed E-state index contributed by atoms with van der Waals surface area (Å²) in [7, 11) is 0. The Balaban J connectivity index is 1.30. The maximum absolute atomic E-state index is 2.74. The Morgan fingerprint density at radius 3 is 1.55 bits per heavy atom. The van der Waals surface area contributed by atoms with Gasteiger partial charge >= 0.3 is 0 Å². The summed E-state index contributed by atoms with van der Waals surface area (Å²) < 4.78 is 1.42. The molecule has 4 heteroatoms. The Morgan fingerprint density at radius 1 is 0.470 bits per heavy atom. The number of anilines is 6. The molecule has 0 saturated heterocycles. The summed E-state index contributed by atoms with van der Waals surface area (Å²) in [5.74, 6) is 0. The van der Waals surface area contributed by atoms with Crippen molar-refractivity contribution in [1.29, 1.82) is 0 Å². The molecule has 6 aromatic rings. The fourth-order valence-corrected chi connectivity index (χ4v) is 14.6. The zero-order chi connectivity index (χ0) is 47.2. The molecule has 0 amide bonds. The zero-order valence-electron chi connectivity index (χ0n) is 43.6. The van der Waals surface area contributed by atoms with E-state index in [-0.39, 0.29) is 44.6 Å². The quantitative estimate of drug-likeness (QED) is 0.160. The first kappa shape index (κ1) is 44.2. The molecule has 0 radical (unpaired) electrons. The van der Waals surface area contributed by atoms with E-state index in [0.717, 1.165) is 0 Å². The number of aryl methyl sites for hydroxylation is 2. The SMILES string of the molecule is Cc1cc2c3c(c1)N(c1cc(C(C)(C)C)ccc1C)c1sc4cc5c(cc4c1B3c1cc3c(cc1N2c1ccc2c(c1)C(C)(C)CCC2(C)C)C(C)(C)CCC3(C)C)C(C)(C)CCC5(C)C. The van der Waals surface area contributed by atoms with Crippen LogP contribution in [0.1, 0.15) is 192 Å². The van der Waals surface area contributed by atoms with E-state index >= 15 is 0 Å². The van der Waals surface area contributed by atoms with Gasteiger partial charge in [-0.25, -0.2) is 0 Å². The largest absolute Gasteiger partial charge is 0.311 e. The van der Waals surface area contributed by atoms with E-state index in [9.17, 15) is 0 Å². The molecule has 66 heavy (non-hydrogen) atoms. The van der Waals surface area contributed by atoms with Gasteiger partial charge in [0.25, 0.3) is 6.71 Å². The monoisotopic (exact) mass is 891 g/mol. The van der Waals surface area contributed by atoms with Crippen LogP contribution in [-0.4, -0.2) is 6.71 Å². The van der Waals surface area contributed by atoms with E-state index in [1.165, 1.54) is 132 Å². The van der Waals surface area contributed by atoms with E-state index in [2.05, 4.69) is 200 Å². The van der Waals surface area contributed by atoms with Gasteiger partial charge in [-0.3, -0.25) is 0 Å². The molecule has 0 unspecified atom stereocenters. The minimum Gasteiger partial charge on any atom is -0.311 e. The number of fused-ring (bicyclic) bond motifs is 9. The second-order valence-corrected chi connectivity index (χ2v) is 27.8. The van der Waals surface area contributed by atoms with Crippen LogP contribution in [0, 0.1) is 13.8 Å². The molecule has 342 valence electrons. The molecule has 5 aliphatic rings. The number of rotatable bonds is 2. The van der Waals surface area contributed by atoms with Crippen LogP contribution in [0.5, 0.6) is 0 Å².